The van der Waals surface area contributed by atoms with Crippen LogP contribution in [-0.4, -0.2) is 19.8 Å². The molecule has 0 aromatic carbocycles. The van der Waals surface area contributed by atoms with Gasteiger partial charge in [-0.15, -0.1) is 0 Å². The van der Waals surface area contributed by atoms with Crippen LogP contribution in [0.2, 0.25) is 0 Å². The third kappa shape index (κ3) is 2.05. The summed E-state index contributed by atoms with van der Waals surface area (Å²) in [6.07, 6.45) is 6.83. The van der Waals surface area contributed by atoms with Gasteiger partial charge >= 0.3 is 0 Å². The lowest BCUT2D eigenvalue weighted by Gasteiger charge is -2.36. The van der Waals surface area contributed by atoms with E-state index in [1.54, 1.807) is 0 Å². The lowest BCUT2D eigenvalue weighted by molar-refractivity contribution is 0.113. The van der Waals surface area contributed by atoms with Crippen molar-refractivity contribution in [2.45, 2.75) is 32.1 Å². The van der Waals surface area contributed by atoms with Gasteiger partial charge in [0.2, 0.25) is 0 Å². The summed E-state index contributed by atoms with van der Waals surface area (Å²) in [5.74, 6) is 2.69. The number of nitrogens with two attached hydrogens (primary N) is 1. The second kappa shape index (κ2) is 4.43. The molecule has 1 aliphatic carbocycles. The standard InChI is InChI=1S/C11H21NO/c12-6-4-11(9-2-1-3-9)10-5-7-13-8-10/h9-11H,1-8,12H2. The number of ether oxygens (including phenoxy) is 1. The Hall–Kier alpha value is -0.0800. The molecule has 2 nitrogen and oxygen atoms in total. The van der Waals surface area contributed by atoms with Crippen LogP contribution in [0.4, 0.5) is 0 Å². The molecule has 0 radical (unpaired) electrons. The van der Waals surface area contributed by atoms with Crippen LogP contribution in [0.15, 0.2) is 0 Å². The summed E-state index contributed by atoms with van der Waals surface area (Å²) in [6.45, 7) is 2.84. The molecule has 0 amide bonds. The first kappa shape index (κ1) is 9.47. The Kier molecular flexibility index (Phi) is 3.23. The van der Waals surface area contributed by atoms with Crippen molar-refractivity contribution < 1.29 is 4.74 Å². The van der Waals surface area contributed by atoms with Crippen LogP contribution in [0, 0.1) is 17.8 Å². The van der Waals surface area contributed by atoms with E-state index in [9.17, 15) is 0 Å². The van der Waals surface area contributed by atoms with Crippen molar-refractivity contribution in [3.05, 3.63) is 0 Å². The van der Waals surface area contributed by atoms with Crippen molar-refractivity contribution >= 4 is 0 Å². The molecule has 2 aliphatic rings. The van der Waals surface area contributed by atoms with Gasteiger partial charge in [-0.05, 0) is 37.1 Å². The fourth-order valence-electron chi connectivity index (χ4n) is 2.81. The topological polar surface area (TPSA) is 35.2 Å². The second-order valence-electron chi connectivity index (χ2n) is 4.56. The average molecular weight is 183 g/mol. The Balaban J connectivity index is 1.86. The number of hydrogen-bond acceptors (Lipinski definition) is 2. The monoisotopic (exact) mass is 183 g/mol. The Bertz CT molecular complexity index is 150. The van der Waals surface area contributed by atoms with Gasteiger partial charge < -0.3 is 10.5 Å². The largest absolute Gasteiger partial charge is 0.381 e. The second-order valence-corrected chi connectivity index (χ2v) is 4.56. The zero-order valence-electron chi connectivity index (χ0n) is 8.37. The molecule has 13 heavy (non-hydrogen) atoms. The lowest BCUT2D eigenvalue weighted by Crippen LogP contribution is -2.30. The Morgan fingerprint density at radius 1 is 1.23 bits per heavy atom. The lowest BCUT2D eigenvalue weighted by atomic mass is 9.69. The van der Waals surface area contributed by atoms with Gasteiger partial charge in [0.15, 0.2) is 0 Å². The van der Waals surface area contributed by atoms with Crippen LogP contribution in [0.3, 0.4) is 0 Å². The quantitative estimate of drug-likeness (QED) is 0.721. The molecule has 2 heteroatoms. The van der Waals surface area contributed by atoms with E-state index in [0.29, 0.717) is 0 Å². The third-order valence-corrected chi connectivity index (χ3v) is 3.83. The van der Waals surface area contributed by atoms with Gasteiger partial charge in [0.25, 0.3) is 0 Å². The van der Waals surface area contributed by atoms with E-state index >= 15 is 0 Å². The molecule has 0 aromatic rings. The van der Waals surface area contributed by atoms with Gasteiger partial charge in [0, 0.05) is 13.2 Å². The van der Waals surface area contributed by atoms with Gasteiger partial charge in [0.1, 0.15) is 0 Å². The number of rotatable bonds is 4. The minimum absolute atomic E-state index is 0.828. The highest BCUT2D eigenvalue weighted by molar-refractivity contribution is 4.84. The minimum Gasteiger partial charge on any atom is -0.381 e. The van der Waals surface area contributed by atoms with Crippen molar-refractivity contribution in [2.75, 3.05) is 19.8 Å². The summed E-state index contributed by atoms with van der Waals surface area (Å²) in [4.78, 5) is 0. The summed E-state index contributed by atoms with van der Waals surface area (Å²) < 4.78 is 5.46. The predicted octanol–water partition coefficient (Wildman–Crippen LogP) is 1.79. The molecule has 2 fully saturated rings. The smallest absolute Gasteiger partial charge is 0.0497 e. The first-order valence-corrected chi connectivity index (χ1v) is 5.69. The first-order chi connectivity index (χ1) is 6.42. The van der Waals surface area contributed by atoms with Crippen LogP contribution in [0.5, 0.6) is 0 Å². The molecule has 2 rings (SSSR count). The SMILES string of the molecule is NCCC(C1CCC1)C1CCOC1. The Morgan fingerprint density at radius 2 is 2.08 bits per heavy atom. The van der Waals surface area contributed by atoms with Crippen molar-refractivity contribution in [3.8, 4) is 0 Å². The van der Waals surface area contributed by atoms with Crippen molar-refractivity contribution in [2.24, 2.45) is 23.5 Å². The molecule has 1 saturated heterocycles. The van der Waals surface area contributed by atoms with Crippen LogP contribution in [-0.2, 0) is 4.74 Å². The normalized spacial score (nSPS) is 31.6. The maximum absolute atomic E-state index is 5.67. The zero-order valence-corrected chi connectivity index (χ0v) is 8.37. The zero-order chi connectivity index (χ0) is 9.10. The van der Waals surface area contributed by atoms with Crippen LogP contribution in [0.25, 0.3) is 0 Å². The van der Waals surface area contributed by atoms with Gasteiger partial charge in [-0.3, -0.25) is 0 Å². The van der Waals surface area contributed by atoms with Crippen LogP contribution < -0.4 is 5.73 Å². The van der Waals surface area contributed by atoms with Crippen molar-refractivity contribution in [1.29, 1.82) is 0 Å². The van der Waals surface area contributed by atoms with Crippen LogP contribution >= 0.6 is 0 Å². The molecule has 2 N–H and O–H groups in total. The van der Waals surface area contributed by atoms with Gasteiger partial charge in [-0.25, -0.2) is 0 Å². The minimum atomic E-state index is 0.828. The molecule has 1 heterocycles. The summed E-state index contributed by atoms with van der Waals surface area (Å²) >= 11 is 0. The maximum Gasteiger partial charge on any atom is 0.0497 e. The van der Waals surface area contributed by atoms with Gasteiger partial charge in [-0.2, -0.15) is 0 Å². The number of hydrogen-bond donors (Lipinski definition) is 1. The van der Waals surface area contributed by atoms with Gasteiger partial charge in [-0.1, -0.05) is 19.3 Å². The molecule has 0 spiro atoms. The highest BCUT2D eigenvalue weighted by Crippen LogP contribution is 2.41. The molecule has 1 aliphatic heterocycles. The molecule has 76 valence electrons. The fraction of sp³-hybridized carbons (Fsp3) is 1.00. The van der Waals surface area contributed by atoms with E-state index in [2.05, 4.69) is 0 Å². The average Bonchev–Trinajstić information content (AvgIpc) is 2.51. The summed E-state index contributed by atoms with van der Waals surface area (Å²) in [7, 11) is 0. The molecular formula is C11H21NO. The maximum atomic E-state index is 5.67. The Morgan fingerprint density at radius 3 is 2.54 bits per heavy atom. The van der Waals surface area contributed by atoms with E-state index in [-0.39, 0.29) is 0 Å². The van der Waals surface area contributed by atoms with E-state index < -0.39 is 0 Å². The molecule has 0 bridgehead atoms. The summed E-state index contributed by atoms with van der Waals surface area (Å²) in [5.41, 5.74) is 5.67. The third-order valence-electron chi connectivity index (χ3n) is 3.83. The molecule has 0 aromatic heterocycles. The highest BCUT2D eigenvalue weighted by Gasteiger charge is 2.34. The van der Waals surface area contributed by atoms with E-state index in [1.165, 1.54) is 32.1 Å². The van der Waals surface area contributed by atoms with E-state index in [1.807, 2.05) is 0 Å². The van der Waals surface area contributed by atoms with Crippen LogP contribution in [0.1, 0.15) is 32.1 Å². The van der Waals surface area contributed by atoms with E-state index in [0.717, 1.165) is 37.5 Å². The molecular weight excluding hydrogens is 162 g/mol. The van der Waals surface area contributed by atoms with Gasteiger partial charge in [0.05, 0.1) is 0 Å². The molecule has 2 unspecified atom stereocenters. The van der Waals surface area contributed by atoms with E-state index in [4.69, 9.17) is 10.5 Å². The molecule has 2 atom stereocenters. The Labute approximate surface area is 80.8 Å². The summed E-state index contributed by atoms with van der Waals surface area (Å²) in [6, 6.07) is 0. The predicted molar refractivity (Wildman–Crippen MR) is 53.4 cm³/mol. The first-order valence-electron chi connectivity index (χ1n) is 5.69. The van der Waals surface area contributed by atoms with Crippen molar-refractivity contribution in [1.82, 2.24) is 0 Å². The fourth-order valence-corrected chi connectivity index (χ4v) is 2.81. The van der Waals surface area contributed by atoms with Crippen molar-refractivity contribution in [3.63, 3.8) is 0 Å². The highest BCUT2D eigenvalue weighted by atomic mass is 16.5. The summed E-state index contributed by atoms with van der Waals surface area (Å²) in [5, 5.41) is 0. The molecule has 1 saturated carbocycles.